The number of hydroxylamine groups is 2. The summed E-state index contributed by atoms with van der Waals surface area (Å²) in [6, 6.07) is 0. The maximum absolute atomic E-state index is 13.0. The molecule has 1 aliphatic heterocycles. The van der Waals surface area contributed by atoms with Gasteiger partial charge in [0.1, 0.15) is 12.8 Å². The minimum absolute atomic E-state index is 0.157. The number of hydrogen-bond donors (Lipinski definition) is 1. The summed E-state index contributed by atoms with van der Waals surface area (Å²) in [7, 11) is -3.98. The zero-order chi connectivity index (χ0) is 12.8. The summed E-state index contributed by atoms with van der Waals surface area (Å²) >= 11 is 0. The van der Waals surface area contributed by atoms with Crippen LogP contribution in [0.25, 0.3) is 0 Å². The van der Waals surface area contributed by atoms with Gasteiger partial charge < -0.3 is 15.2 Å². The highest BCUT2D eigenvalue weighted by Crippen LogP contribution is 2.51. The lowest BCUT2D eigenvalue weighted by molar-refractivity contribution is -0.956. The lowest BCUT2D eigenvalue weighted by Crippen LogP contribution is -3.23. The molecule has 0 aromatic carbocycles. The summed E-state index contributed by atoms with van der Waals surface area (Å²) in [4.78, 5) is 11.0. The lowest BCUT2D eigenvalue weighted by atomic mass is 9.80. The van der Waals surface area contributed by atoms with Crippen molar-refractivity contribution < 1.29 is 18.7 Å². The van der Waals surface area contributed by atoms with Crippen LogP contribution in [0.15, 0.2) is 0 Å². The molecule has 1 atom stereocenters. The van der Waals surface area contributed by atoms with Crippen LogP contribution in [-0.4, -0.2) is 23.8 Å². The quantitative estimate of drug-likeness (QED) is 0.585. The van der Waals surface area contributed by atoms with Gasteiger partial charge in [0.15, 0.2) is 0 Å². The molecule has 0 aromatic rings. The van der Waals surface area contributed by atoms with Gasteiger partial charge in [-0.25, -0.2) is 4.52 Å². The van der Waals surface area contributed by atoms with Crippen LogP contribution >= 0.6 is 8.03 Å². The van der Waals surface area contributed by atoms with Gasteiger partial charge in [0.25, 0.3) is 8.03 Å². The molecule has 6 heteroatoms. The van der Waals surface area contributed by atoms with Crippen LogP contribution in [0.5, 0.6) is 0 Å². The van der Waals surface area contributed by atoms with Gasteiger partial charge in [-0.3, -0.25) is 0 Å². The third kappa shape index (κ3) is 3.34. The number of halogens is 1. The highest BCUT2D eigenvalue weighted by Gasteiger charge is 2.48. The topological polar surface area (TPSA) is 59.8 Å². The molecule has 0 spiro atoms. The third-order valence-electron chi connectivity index (χ3n) is 3.04. The van der Waals surface area contributed by atoms with Crippen molar-refractivity contribution in [1.29, 1.82) is 0 Å². The average molecular weight is 253 g/mol. The lowest BCUT2D eigenvalue weighted by Gasteiger charge is -2.54. The van der Waals surface area contributed by atoms with Crippen molar-refractivity contribution >= 4 is 8.03 Å². The number of nitrogens with one attached hydrogen (secondary N) is 1. The Balaban J connectivity index is 2.79. The summed E-state index contributed by atoms with van der Waals surface area (Å²) in [5.41, 5.74) is -1.08. The van der Waals surface area contributed by atoms with Crippen molar-refractivity contribution in [2.45, 2.75) is 57.7 Å². The minimum atomic E-state index is -3.98. The minimum Gasteiger partial charge on any atom is -0.634 e. The Morgan fingerprint density at radius 3 is 1.94 bits per heavy atom. The molecular weight excluding hydrogens is 232 g/mol. The van der Waals surface area contributed by atoms with Crippen LogP contribution in [0.3, 0.4) is 0 Å². The Kier molecular flexibility index (Phi) is 3.69. The molecule has 0 radical (unpaired) electrons. The first-order chi connectivity index (χ1) is 6.94. The fourth-order valence-corrected chi connectivity index (χ4v) is 3.33. The molecule has 0 aromatic heterocycles. The second-order valence-corrected chi connectivity index (χ2v) is 7.68. The Bertz CT molecular complexity index is 247. The molecule has 96 valence electrons. The monoisotopic (exact) mass is 253 g/mol. The van der Waals surface area contributed by atoms with Gasteiger partial charge >= 0.3 is 0 Å². The second-order valence-electron chi connectivity index (χ2n) is 5.98. The summed E-state index contributed by atoms with van der Waals surface area (Å²) in [5, 5.41) is 12.2. The average Bonchev–Trinajstić information content (AvgIpc) is 1.95. The molecule has 4 nitrogen and oxygen atoms in total. The van der Waals surface area contributed by atoms with E-state index in [-0.39, 0.29) is 5.06 Å². The van der Waals surface area contributed by atoms with E-state index >= 15 is 0 Å². The highest BCUT2D eigenvalue weighted by molar-refractivity contribution is 7.57. The maximum Gasteiger partial charge on any atom is 0.293 e. The van der Waals surface area contributed by atoms with Crippen LogP contribution in [0.2, 0.25) is 0 Å². The maximum atomic E-state index is 13.0. The first-order valence-electron chi connectivity index (χ1n) is 5.44. The van der Waals surface area contributed by atoms with Crippen LogP contribution in [0.1, 0.15) is 40.5 Å². The van der Waals surface area contributed by atoms with Gasteiger partial charge in [-0.15, -0.1) is 0 Å². The standard InChI is InChI=1S/C10H21FNO3P/c1-9(2)6-8(15-16(5,11)14)7-10(3,4)12(9)13/h8,12H,6-7H2,1-5H3. The van der Waals surface area contributed by atoms with Gasteiger partial charge in [-0.2, -0.15) is 0 Å². The molecule has 1 fully saturated rings. The Labute approximate surface area is 97.0 Å². The fourth-order valence-electron chi connectivity index (χ4n) is 2.65. The summed E-state index contributed by atoms with van der Waals surface area (Å²) in [6.45, 7) is 8.26. The molecule has 1 heterocycles. The molecule has 0 amide bonds. The third-order valence-corrected chi connectivity index (χ3v) is 3.72. The molecule has 1 aliphatic rings. The SMILES string of the molecule is CC1(C)CC(O[P+](C)([O-])F)CC(C)(C)[NH+]1[O-]. The van der Waals surface area contributed by atoms with Crippen LogP contribution in [0.4, 0.5) is 4.20 Å². The van der Waals surface area contributed by atoms with Crippen LogP contribution in [-0.2, 0) is 4.52 Å². The van der Waals surface area contributed by atoms with Gasteiger partial charge in [-0.1, -0.05) is 0 Å². The molecule has 1 N–H and O–H groups in total. The summed E-state index contributed by atoms with van der Waals surface area (Å²) in [6.07, 6.45) is 0.414. The van der Waals surface area contributed by atoms with E-state index in [0.29, 0.717) is 12.8 Å². The van der Waals surface area contributed by atoms with Crippen molar-refractivity contribution in [3.63, 3.8) is 0 Å². The van der Waals surface area contributed by atoms with Crippen molar-refractivity contribution in [2.75, 3.05) is 6.66 Å². The fraction of sp³-hybridized carbons (Fsp3) is 1.00. The molecule has 1 rings (SSSR count). The molecule has 1 unspecified atom stereocenters. The van der Waals surface area contributed by atoms with Gasteiger partial charge in [0.05, 0.1) is 11.1 Å². The van der Waals surface area contributed by atoms with Crippen molar-refractivity contribution in [3.8, 4) is 0 Å². The van der Waals surface area contributed by atoms with E-state index in [1.807, 2.05) is 27.7 Å². The molecule has 0 aliphatic carbocycles. The van der Waals surface area contributed by atoms with Crippen molar-refractivity contribution in [3.05, 3.63) is 5.21 Å². The Morgan fingerprint density at radius 1 is 1.25 bits per heavy atom. The molecule has 16 heavy (non-hydrogen) atoms. The molecule has 0 bridgehead atoms. The van der Waals surface area contributed by atoms with Crippen LogP contribution in [0, 0.1) is 5.21 Å². The van der Waals surface area contributed by atoms with Crippen molar-refractivity contribution in [2.24, 2.45) is 0 Å². The van der Waals surface area contributed by atoms with E-state index < -0.39 is 25.2 Å². The Hall–Kier alpha value is 0.200. The number of quaternary nitrogens is 1. The number of hydrogen-bond acceptors (Lipinski definition) is 3. The first kappa shape index (κ1) is 14.3. The normalized spacial score (nSPS) is 36.8. The van der Waals surface area contributed by atoms with E-state index in [9.17, 15) is 14.3 Å². The predicted molar refractivity (Wildman–Crippen MR) is 60.5 cm³/mol. The number of piperidine rings is 1. The van der Waals surface area contributed by atoms with Gasteiger partial charge in [-0.05, 0) is 31.9 Å². The summed E-state index contributed by atoms with van der Waals surface area (Å²) in [5.74, 6) is 0. The van der Waals surface area contributed by atoms with E-state index in [1.54, 1.807) is 0 Å². The predicted octanol–water partition coefficient (Wildman–Crippen LogP) is 0.827. The number of rotatable bonds is 2. The highest BCUT2D eigenvalue weighted by atomic mass is 31.2. The molecule has 0 saturated carbocycles. The molecule has 1 saturated heterocycles. The van der Waals surface area contributed by atoms with Crippen LogP contribution < -0.4 is 9.96 Å². The van der Waals surface area contributed by atoms with E-state index in [4.69, 9.17) is 4.52 Å². The second kappa shape index (κ2) is 4.14. The first-order valence-corrected chi connectivity index (χ1v) is 7.41. The molecular formula is C10H21FNO3P. The van der Waals surface area contributed by atoms with E-state index in [0.717, 1.165) is 6.66 Å². The van der Waals surface area contributed by atoms with E-state index in [1.165, 1.54) is 0 Å². The summed E-state index contributed by atoms with van der Waals surface area (Å²) < 4.78 is 18.0. The van der Waals surface area contributed by atoms with Crippen molar-refractivity contribution in [1.82, 2.24) is 0 Å². The van der Waals surface area contributed by atoms with E-state index in [2.05, 4.69) is 0 Å². The zero-order valence-corrected chi connectivity index (χ0v) is 11.4. The Morgan fingerprint density at radius 2 is 1.62 bits per heavy atom. The van der Waals surface area contributed by atoms with Gasteiger partial charge in [0, 0.05) is 12.8 Å². The zero-order valence-electron chi connectivity index (χ0n) is 10.5. The smallest absolute Gasteiger partial charge is 0.293 e. The van der Waals surface area contributed by atoms with Gasteiger partial charge in [0.2, 0.25) is 0 Å². The largest absolute Gasteiger partial charge is 0.634 e.